The highest BCUT2D eigenvalue weighted by Gasteiger charge is 2.32. The van der Waals surface area contributed by atoms with Crippen molar-refractivity contribution < 1.29 is 9.59 Å². The van der Waals surface area contributed by atoms with Crippen LogP contribution in [-0.4, -0.2) is 48.4 Å². The summed E-state index contributed by atoms with van der Waals surface area (Å²) < 4.78 is 0. The third-order valence-corrected chi connectivity index (χ3v) is 8.69. The Hall–Kier alpha value is -4.74. The predicted octanol–water partition coefficient (Wildman–Crippen LogP) is 6.59. The summed E-state index contributed by atoms with van der Waals surface area (Å²) in [7, 11) is 0. The summed E-state index contributed by atoms with van der Waals surface area (Å²) in [6, 6.07) is 44.7. The van der Waals surface area contributed by atoms with Crippen LogP contribution in [0, 0.1) is 0 Å². The highest BCUT2D eigenvalue weighted by molar-refractivity contribution is 5.98. The number of hydrogen-bond acceptors (Lipinski definition) is 3. The number of benzene rings is 5. The molecule has 2 amide bonds. The van der Waals surface area contributed by atoms with Gasteiger partial charge in [-0.3, -0.25) is 9.59 Å². The molecule has 0 aliphatic carbocycles. The summed E-state index contributed by atoms with van der Waals surface area (Å²) in [6.07, 6.45) is 2.24. The van der Waals surface area contributed by atoms with Gasteiger partial charge in [-0.15, -0.1) is 0 Å². The maximum atomic E-state index is 14.2. The monoisotopic (exact) mass is 581 g/mol. The fourth-order valence-corrected chi connectivity index (χ4v) is 6.23. The van der Waals surface area contributed by atoms with Crippen LogP contribution in [0.15, 0.2) is 133 Å². The van der Waals surface area contributed by atoms with E-state index in [0.717, 1.165) is 23.6 Å². The average molecular weight is 582 g/mol. The summed E-state index contributed by atoms with van der Waals surface area (Å²) >= 11 is 0. The van der Waals surface area contributed by atoms with Gasteiger partial charge in [-0.2, -0.15) is 0 Å². The second kappa shape index (κ2) is 14.2. The van der Waals surface area contributed by atoms with Gasteiger partial charge in [0.05, 0.1) is 6.04 Å². The van der Waals surface area contributed by atoms with Crippen molar-refractivity contribution in [1.82, 2.24) is 15.5 Å². The maximum absolute atomic E-state index is 14.2. The van der Waals surface area contributed by atoms with Crippen LogP contribution in [0.3, 0.4) is 0 Å². The molecule has 5 nitrogen and oxygen atoms in total. The lowest BCUT2D eigenvalue weighted by molar-refractivity contribution is -0.133. The predicted molar refractivity (Wildman–Crippen MR) is 178 cm³/mol. The number of fused-ring (bicyclic) bond motifs is 1. The number of carbonyl (C=O) groups excluding carboxylic acids is 2. The van der Waals surface area contributed by atoms with Gasteiger partial charge in [-0.05, 0) is 58.9 Å². The normalized spacial score (nSPS) is 17.0. The van der Waals surface area contributed by atoms with E-state index in [2.05, 4.69) is 71.3 Å². The number of nitrogens with one attached hydrogen (secondary N) is 2. The van der Waals surface area contributed by atoms with Crippen LogP contribution in [0.1, 0.15) is 45.8 Å². The zero-order valence-corrected chi connectivity index (χ0v) is 24.9. The molecule has 2 atom stereocenters. The van der Waals surface area contributed by atoms with Crippen LogP contribution in [0.2, 0.25) is 0 Å². The molecule has 1 heterocycles. The molecule has 1 fully saturated rings. The summed E-state index contributed by atoms with van der Waals surface area (Å²) in [4.78, 5) is 29.4. The lowest BCUT2D eigenvalue weighted by Gasteiger charge is -2.29. The number of hydrogen-bond donors (Lipinski definition) is 2. The molecule has 5 heteroatoms. The quantitative estimate of drug-likeness (QED) is 0.196. The molecule has 1 saturated heterocycles. The lowest BCUT2D eigenvalue weighted by atomic mass is 9.90. The van der Waals surface area contributed by atoms with Gasteiger partial charge >= 0.3 is 0 Å². The van der Waals surface area contributed by atoms with Crippen molar-refractivity contribution in [3.8, 4) is 0 Å². The van der Waals surface area contributed by atoms with Crippen molar-refractivity contribution in [2.24, 2.45) is 0 Å². The molecule has 0 unspecified atom stereocenters. The van der Waals surface area contributed by atoms with Gasteiger partial charge in [0.25, 0.3) is 5.91 Å². The Bertz CT molecular complexity index is 1630. The van der Waals surface area contributed by atoms with Crippen molar-refractivity contribution in [3.05, 3.63) is 156 Å². The number of amides is 2. The molecule has 0 saturated carbocycles. The topological polar surface area (TPSA) is 61.4 Å². The number of nitrogens with zero attached hydrogens (tertiary/aromatic N) is 1. The van der Waals surface area contributed by atoms with Crippen molar-refractivity contribution in [2.75, 3.05) is 19.6 Å². The largest absolute Gasteiger partial charge is 0.350 e. The summed E-state index contributed by atoms with van der Waals surface area (Å²) in [6.45, 7) is 1.68. The molecule has 44 heavy (non-hydrogen) atoms. The minimum absolute atomic E-state index is 0.0268. The molecule has 222 valence electrons. The van der Waals surface area contributed by atoms with Gasteiger partial charge in [-0.25, -0.2) is 0 Å². The Morgan fingerprint density at radius 3 is 2.07 bits per heavy atom. The van der Waals surface area contributed by atoms with Gasteiger partial charge in [0, 0.05) is 37.2 Å². The highest BCUT2D eigenvalue weighted by atomic mass is 16.2. The molecule has 5 aromatic rings. The van der Waals surface area contributed by atoms with E-state index in [1.54, 1.807) is 0 Å². The summed E-state index contributed by atoms with van der Waals surface area (Å²) in [5.74, 6) is 0.0977. The van der Waals surface area contributed by atoms with Crippen LogP contribution in [-0.2, 0) is 11.2 Å². The van der Waals surface area contributed by atoms with Crippen molar-refractivity contribution in [3.63, 3.8) is 0 Å². The third kappa shape index (κ3) is 7.24. The minimum atomic E-state index is -0.340. The summed E-state index contributed by atoms with van der Waals surface area (Å²) in [5.41, 5.74) is 4.25. The Morgan fingerprint density at radius 1 is 0.773 bits per heavy atom. The zero-order valence-electron chi connectivity index (χ0n) is 24.9. The van der Waals surface area contributed by atoms with E-state index in [4.69, 9.17) is 0 Å². The van der Waals surface area contributed by atoms with Crippen LogP contribution >= 0.6 is 0 Å². The standard InChI is InChI=1S/C39H39N3O2/c43-38(34-22-21-30-14-10-11-19-33(30)26-34)40-27-35-24-25-42(39(44)37(41-35)23-20-29-12-4-1-5-13-29)28-36(31-15-6-2-7-16-31)32-17-8-3-9-18-32/h1-19,21-22,26,35-37,41H,20,23-25,27-28H2,(H,40,43)/t35-,37-/m0/s1. The van der Waals surface area contributed by atoms with Gasteiger partial charge in [-0.1, -0.05) is 121 Å². The van der Waals surface area contributed by atoms with E-state index in [9.17, 15) is 9.59 Å². The second-order valence-corrected chi connectivity index (χ2v) is 11.7. The van der Waals surface area contributed by atoms with Crippen molar-refractivity contribution >= 4 is 22.6 Å². The van der Waals surface area contributed by atoms with Gasteiger partial charge < -0.3 is 15.5 Å². The first-order valence-electron chi connectivity index (χ1n) is 15.6. The van der Waals surface area contributed by atoms with Gasteiger partial charge in [0.2, 0.25) is 5.91 Å². The number of aryl methyl sites for hydroxylation is 1. The maximum Gasteiger partial charge on any atom is 0.251 e. The number of carbonyl (C=O) groups is 2. The first-order valence-corrected chi connectivity index (χ1v) is 15.6. The van der Waals surface area contributed by atoms with E-state index in [1.165, 1.54) is 16.7 Å². The second-order valence-electron chi connectivity index (χ2n) is 11.7. The smallest absolute Gasteiger partial charge is 0.251 e. The molecule has 2 N–H and O–H groups in total. The molecule has 0 spiro atoms. The molecule has 5 aromatic carbocycles. The fraction of sp³-hybridized carbons (Fsp3) is 0.231. The molecule has 1 aliphatic rings. The van der Waals surface area contributed by atoms with E-state index in [-0.39, 0.29) is 29.8 Å². The summed E-state index contributed by atoms with van der Waals surface area (Å²) in [5, 5.41) is 8.95. The molecule has 6 rings (SSSR count). The molecular weight excluding hydrogens is 542 g/mol. The Balaban J connectivity index is 1.19. The third-order valence-electron chi connectivity index (χ3n) is 8.69. The first kappa shape index (κ1) is 29.3. The molecular formula is C39H39N3O2. The Kier molecular flexibility index (Phi) is 9.44. The van der Waals surface area contributed by atoms with Crippen LogP contribution in [0.4, 0.5) is 0 Å². The van der Waals surface area contributed by atoms with Gasteiger partial charge in [0.1, 0.15) is 0 Å². The van der Waals surface area contributed by atoms with E-state index in [0.29, 0.717) is 31.6 Å². The molecule has 0 radical (unpaired) electrons. The Labute approximate surface area is 259 Å². The van der Waals surface area contributed by atoms with E-state index >= 15 is 0 Å². The average Bonchev–Trinajstić information content (AvgIpc) is 3.23. The number of rotatable bonds is 10. The lowest BCUT2D eigenvalue weighted by Crippen LogP contribution is -2.49. The highest BCUT2D eigenvalue weighted by Crippen LogP contribution is 2.27. The molecule has 1 aliphatic heterocycles. The van der Waals surface area contributed by atoms with Crippen LogP contribution < -0.4 is 10.6 Å². The van der Waals surface area contributed by atoms with E-state index in [1.807, 2.05) is 77.7 Å². The molecule has 0 bridgehead atoms. The van der Waals surface area contributed by atoms with Crippen LogP contribution in [0.25, 0.3) is 10.8 Å². The van der Waals surface area contributed by atoms with E-state index < -0.39 is 0 Å². The fourth-order valence-electron chi connectivity index (χ4n) is 6.23. The minimum Gasteiger partial charge on any atom is -0.350 e. The Morgan fingerprint density at radius 2 is 1.39 bits per heavy atom. The van der Waals surface area contributed by atoms with Crippen molar-refractivity contribution in [2.45, 2.75) is 37.3 Å². The van der Waals surface area contributed by atoms with Crippen LogP contribution in [0.5, 0.6) is 0 Å². The first-order chi connectivity index (χ1) is 21.6. The van der Waals surface area contributed by atoms with Gasteiger partial charge in [0.15, 0.2) is 0 Å². The van der Waals surface area contributed by atoms with Crippen molar-refractivity contribution in [1.29, 1.82) is 0 Å². The SMILES string of the molecule is O=C(NC[C@@H]1CCN(CC(c2ccccc2)c2ccccc2)C(=O)[C@H](CCc2ccccc2)N1)c1ccc2ccccc2c1. The molecule has 0 aromatic heterocycles. The zero-order chi connectivity index (χ0) is 30.1.